The van der Waals surface area contributed by atoms with Crippen LogP contribution in [0.15, 0.2) is 70.3 Å². The van der Waals surface area contributed by atoms with Gasteiger partial charge in [-0.15, -0.1) is 10.2 Å². The molecule has 0 radical (unpaired) electrons. The van der Waals surface area contributed by atoms with Gasteiger partial charge in [0.15, 0.2) is 29.1 Å². The number of halogens is 1. The second-order valence-corrected chi connectivity index (χ2v) is 9.24. The topological polar surface area (TPSA) is 153 Å². The first-order valence-electron chi connectivity index (χ1n) is 10.2. The van der Waals surface area contributed by atoms with E-state index in [2.05, 4.69) is 25.2 Å². The molecule has 1 amide bonds. The van der Waals surface area contributed by atoms with Crippen LogP contribution in [0.4, 0.5) is 11.5 Å². The molecular weight excluding hydrogens is 498 g/mol. The highest BCUT2D eigenvalue weighted by molar-refractivity contribution is 7.92. The van der Waals surface area contributed by atoms with E-state index in [-0.39, 0.29) is 27.9 Å². The number of nitrogens with one attached hydrogen (secondary N) is 2. The van der Waals surface area contributed by atoms with Crippen molar-refractivity contribution in [1.29, 1.82) is 0 Å². The number of hydrogen-bond acceptors (Lipinski definition) is 9. The van der Waals surface area contributed by atoms with Crippen LogP contribution >= 0.6 is 11.6 Å². The number of benzene rings is 2. The Kier molecular flexibility index (Phi) is 6.94. The lowest BCUT2D eigenvalue weighted by Crippen LogP contribution is -2.32. The molecule has 13 heteroatoms. The third-order valence-corrected chi connectivity index (χ3v) is 6.37. The second-order valence-electron chi connectivity index (χ2n) is 7.17. The molecule has 0 saturated heterocycles. The normalized spacial score (nSPS) is 12.2. The number of carbonyl (C=O) groups is 2. The standard InChI is InChI=1S/C22H18ClN5O6S/c1-2-16(34-22(30)15-4-3-5-17-20(15)24-12-33-17)21(29)25-13-6-8-14(9-7-13)35(31,32)28-19-11-10-18(23)26-27-19/h3-12,16H,2H2,1H3,(H,25,29)(H,27,28). The molecule has 2 heterocycles. The summed E-state index contributed by atoms with van der Waals surface area (Å²) >= 11 is 5.65. The predicted molar refractivity (Wildman–Crippen MR) is 126 cm³/mol. The highest BCUT2D eigenvalue weighted by Crippen LogP contribution is 2.20. The van der Waals surface area contributed by atoms with E-state index in [9.17, 15) is 18.0 Å². The van der Waals surface area contributed by atoms with Crippen LogP contribution in [0.25, 0.3) is 11.1 Å². The molecule has 0 aliphatic rings. The molecule has 4 rings (SSSR count). The zero-order valence-corrected chi connectivity index (χ0v) is 19.7. The van der Waals surface area contributed by atoms with E-state index in [1.165, 1.54) is 48.9 Å². The number of nitrogens with zero attached hydrogens (tertiary/aromatic N) is 3. The maximum Gasteiger partial charge on any atom is 0.341 e. The van der Waals surface area contributed by atoms with Gasteiger partial charge in [-0.2, -0.15) is 0 Å². The number of fused-ring (bicyclic) bond motifs is 1. The number of amides is 1. The molecule has 0 fully saturated rings. The Morgan fingerprint density at radius 2 is 1.86 bits per heavy atom. The number of ether oxygens (including phenoxy) is 1. The van der Waals surface area contributed by atoms with Gasteiger partial charge in [0.1, 0.15) is 5.52 Å². The first-order valence-corrected chi connectivity index (χ1v) is 12.1. The number of hydrogen-bond donors (Lipinski definition) is 2. The van der Waals surface area contributed by atoms with Crippen molar-refractivity contribution in [3.63, 3.8) is 0 Å². The van der Waals surface area contributed by atoms with Gasteiger partial charge < -0.3 is 14.5 Å². The van der Waals surface area contributed by atoms with Gasteiger partial charge in [0.2, 0.25) is 0 Å². The Labute approximate surface area is 204 Å². The summed E-state index contributed by atoms with van der Waals surface area (Å²) in [7, 11) is -3.94. The van der Waals surface area contributed by atoms with Crippen molar-refractivity contribution in [2.75, 3.05) is 10.0 Å². The van der Waals surface area contributed by atoms with Crippen molar-refractivity contribution in [2.24, 2.45) is 0 Å². The summed E-state index contributed by atoms with van der Waals surface area (Å²) in [6.45, 7) is 1.69. The van der Waals surface area contributed by atoms with Crippen LogP contribution in [0.5, 0.6) is 0 Å². The number of anilines is 2. The smallest absolute Gasteiger partial charge is 0.341 e. The summed E-state index contributed by atoms with van der Waals surface area (Å²) in [5.41, 5.74) is 1.25. The number of carbonyl (C=O) groups excluding carboxylic acids is 2. The predicted octanol–water partition coefficient (Wildman–Crippen LogP) is 3.65. The number of oxazole rings is 1. The molecule has 2 aromatic heterocycles. The molecule has 0 aliphatic carbocycles. The van der Waals surface area contributed by atoms with Crippen LogP contribution in [0.2, 0.25) is 5.15 Å². The van der Waals surface area contributed by atoms with Crippen LogP contribution in [0.1, 0.15) is 23.7 Å². The minimum atomic E-state index is -3.94. The molecular formula is C22H18ClN5O6S. The third-order valence-electron chi connectivity index (χ3n) is 4.80. The molecule has 2 N–H and O–H groups in total. The summed E-state index contributed by atoms with van der Waals surface area (Å²) in [4.78, 5) is 29.3. The molecule has 0 spiro atoms. The number of esters is 1. The lowest BCUT2D eigenvalue weighted by Gasteiger charge is -2.16. The fraction of sp³-hybridized carbons (Fsp3) is 0.136. The maximum absolute atomic E-state index is 12.7. The molecule has 4 aromatic rings. The molecule has 0 aliphatic heterocycles. The van der Waals surface area contributed by atoms with Crippen LogP contribution in [-0.4, -0.2) is 41.6 Å². The van der Waals surface area contributed by atoms with Gasteiger partial charge in [-0.05, 0) is 55.0 Å². The highest BCUT2D eigenvalue weighted by Gasteiger charge is 2.24. The number of sulfonamides is 1. The summed E-state index contributed by atoms with van der Waals surface area (Å²) < 4.78 is 37.9. The van der Waals surface area contributed by atoms with Gasteiger partial charge in [-0.3, -0.25) is 9.52 Å². The summed E-state index contributed by atoms with van der Waals surface area (Å²) in [5.74, 6) is -1.29. The largest absolute Gasteiger partial charge is 0.449 e. The van der Waals surface area contributed by atoms with E-state index in [1.54, 1.807) is 19.1 Å². The zero-order chi connectivity index (χ0) is 25.0. The lowest BCUT2D eigenvalue weighted by atomic mass is 10.2. The quantitative estimate of drug-likeness (QED) is 0.334. The van der Waals surface area contributed by atoms with Gasteiger partial charge in [-0.1, -0.05) is 24.6 Å². The Bertz CT molecular complexity index is 1470. The SMILES string of the molecule is CCC(OC(=O)c1cccc2ocnc12)C(=O)Nc1ccc(S(=O)(=O)Nc2ccc(Cl)nn2)cc1. The highest BCUT2D eigenvalue weighted by atomic mass is 35.5. The Balaban J connectivity index is 1.41. The second kappa shape index (κ2) is 10.1. The Morgan fingerprint density at radius 3 is 2.54 bits per heavy atom. The first-order chi connectivity index (χ1) is 16.8. The van der Waals surface area contributed by atoms with Crippen LogP contribution in [-0.2, 0) is 19.6 Å². The van der Waals surface area contributed by atoms with Crippen LogP contribution < -0.4 is 10.0 Å². The van der Waals surface area contributed by atoms with Crippen LogP contribution in [0.3, 0.4) is 0 Å². The van der Waals surface area contributed by atoms with Crippen molar-refractivity contribution in [3.8, 4) is 0 Å². The maximum atomic E-state index is 12.7. The lowest BCUT2D eigenvalue weighted by molar-refractivity contribution is -0.124. The minimum Gasteiger partial charge on any atom is -0.449 e. The fourth-order valence-corrected chi connectivity index (χ4v) is 4.17. The van der Waals surface area contributed by atoms with E-state index < -0.39 is 28.0 Å². The van der Waals surface area contributed by atoms with Gasteiger partial charge >= 0.3 is 5.97 Å². The fourth-order valence-electron chi connectivity index (χ4n) is 3.07. The average molecular weight is 516 g/mol. The van der Waals surface area contributed by atoms with Gasteiger partial charge in [0, 0.05) is 5.69 Å². The van der Waals surface area contributed by atoms with Gasteiger partial charge in [0.25, 0.3) is 15.9 Å². The average Bonchev–Trinajstić information content (AvgIpc) is 3.33. The number of rotatable bonds is 8. The van der Waals surface area contributed by atoms with Crippen molar-refractivity contribution >= 4 is 56.1 Å². The third kappa shape index (κ3) is 5.55. The number of para-hydroxylation sites is 1. The van der Waals surface area contributed by atoms with Gasteiger partial charge in [-0.25, -0.2) is 18.2 Å². The molecule has 2 aromatic carbocycles. The first kappa shape index (κ1) is 24.1. The molecule has 180 valence electrons. The summed E-state index contributed by atoms with van der Waals surface area (Å²) in [5, 5.41) is 9.97. The Hall–Kier alpha value is -4.03. The summed E-state index contributed by atoms with van der Waals surface area (Å²) in [6.07, 6.45) is 0.344. The summed E-state index contributed by atoms with van der Waals surface area (Å²) in [6, 6.07) is 13.0. The monoisotopic (exact) mass is 515 g/mol. The molecule has 0 saturated carbocycles. The van der Waals surface area contributed by atoms with E-state index >= 15 is 0 Å². The van der Waals surface area contributed by atoms with E-state index in [4.69, 9.17) is 20.8 Å². The molecule has 1 unspecified atom stereocenters. The molecule has 0 bridgehead atoms. The van der Waals surface area contributed by atoms with Crippen molar-refractivity contribution in [1.82, 2.24) is 15.2 Å². The molecule has 1 atom stereocenters. The van der Waals surface area contributed by atoms with Crippen LogP contribution in [0, 0.1) is 0 Å². The van der Waals surface area contributed by atoms with E-state index in [0.717, 1.165) is 0 Å². The van der Waals surface area contributed by atoms with Crippen molar-refractivity contribution in [2.45, 2.75) is 24.3 Å². The molecule has 35 heavy (non-hydrogen) atoms. The number of aromatic nitrogens is 3. The Morgan fingerprint density at radius 1 is 1.09 bits per heavy atom. The minimum absolute atomic E-state index is 0.000644. The van der Waals surface area contributed by atoms with Gasteiger partial charge in [0.05, 0.1) is 10.5 Å². The van der Waals surface area contributed by atoms with Crippen molar-refractivity contribution in [3.05, 3.63) is 71.7 Å². The van der Waals surface area contributed by atoms with Crippen molar-refractivity contribution < 1.29 is 27.2 Å². The van der Waals surface area contributed by atoms with E-state index in [1.807, 2.05) is 0 Å². The van der Waals surface area contributed by atoms with E-state index in [0.29, 0.717) is 16.8 Å². The zero-order valence-electron chi connectivity index (χ0n) is 18.1. The molecule has 11 nitrogen and oxygen atoms in total.